The number of ketones is 1. The van der Waals surface area contributed by atoms with Gasteiger partial charge in [0.05, 0.1) is 10.5 Å². The second kappa shape index (κ2) is 6.78. The van der Waals surface area contributed by atoms with Gasteiger partial charge in [-0.05, 0) is 19.1 Å². The summed E-state index contributed by atoms with van der Waals surface area (Å²) in [6.07, 6.45) is 3.24. The molecule has 1 aromatic heterocycles. The van der Waals surface area contributed by atoms with Crippen LogP contribution in [0.3, 0.4) is 0 Å². The number of nitro benzene ring substituents is 1. The molecule has 2 aromatic rings. The zero-order valence-corrected chi connectivity index (χ0v) is 12.7. The van der Waals surface area contributed by atoms with Gasteiger partial charge in [0.25, 0.3) is 11.6 Å². The molecule has 1 aromatic carbocycles. The Morgan fingerprint density at radius 1 is 1.22 bits per heavy atom. The van der Waals surface area contributed by atoms with Crippen molar-refractivity contribution in [1.82, 2.24) is 0 Å². The van der Waals surface area contributed by atoms with Crippen molar-refractivity contribution < 1.29 is 19.1 Å². The van der Waals surface area contributed by atoms with E-state index in [1.807, 2.05) is 0 Å². The third-order valence-electron chi connectivity index (χ3n) is 3.41. The van der Waals surface area contributed by atoms with Crippen LogP contribution in [0, 0.1) is 10.1 Å². The summed E-state index contributed by atoms with van der Waals surface area (Å²) in [6.45, 7) is 3.09. The molecular weight excluding hydrogens is 298 g/mol. The van der Waals surface area contributed by atoms with Crippen molar-refractivity contribution in [1.29, 1.82) is 0 Å². The number of Topliss-reactive ketones (excluding diaryl/α,β-unsaturated/α-hetero) is 1. The molecule has 0 bridgehead atoms. The third-order valence-corrected chi connectivity index (χ3v) is 3.41. The second-order valence-electron chi connectivity index (χ2n) is 5.04. The van der Waals surface area contributed by atoms with Crippen LogP contribution in [-0.2, 0) is 4.79 Å². The van der Waals surface area contributed by atoms with Crippen molar-refractivity contribution >= 4 is 23.1 Å². The average molecular weight is 314 g/mol. The van der Waals surface area contributed by atoms with E-state index in [1.165, 1.54) is 25.1 Å². The molecule has 0 spiro atoms. The number of aromatic nitrogens is 1. The fraction of sp³-hybridized carbons (Fsp3) is 0.188. The van der Waals surface area contributed by atoms with Crippen molar-refractivity contribution in [2.45, 2.75) is 19.9 Å². The van der Waals surface area contributed by atoms with E-state index < -0.39 is 16.9 Å². The molecule has 118 valence electrons. The van der Waals surface area contributed by atoms with E-state index in [0.29, 0.717) is 5.56 Å². The van der Waals surface area contributed by atoms with E-state index in [0.717, 1.165) is 0 Å². The van der Waals surface area contributed by atoms with Gasteiger partial charge in [-0.1, -0.05) is 12.1 Å². The van der Waals surface area contributed by atoms with Crippen LogP contribution in [0.5, 0.6) is 0 Å². The molecule has 0 unspecified atom stereocenters. The topological polar surface area (TPSA) is 93.2 Å². The molecule has 0 radical (unpaired) electrons. The molecular formula is C16H16N3O4+. The van der Waals surface area contributed by atoms with Crippen LogP contribution in [0.4, 0.5) is 11.4 Å². The second-order valence-corrected chi connectivity index (χ2v) is 5.04. The molecule has 1 heterocycles. The quantitative estimate of drug-likeness (QED) is 0.396. The van der Waals surface area contributed by atoms with Crippen molar-refractivity contribution in [3.63, 3.8) is 0 Å². The molecule has 0 fully saturated rings. The van der Waals surface area contributed by atoms with Gasteiger partial charge in [0.2, 0.25) is 6.04 Å². The number of amides is 1. The van der Waals surface area contributed by atoms with Crippen molar-refractivity contribution in [3.8, 4) is 0 Å². The molecule has 7 nitrogen and oxygen atoms in total. The predicted octanol–water partition coefficient (Wildman–Crippen LogP) is 2.28. The number of nitro groups is 1. The standard InChI is InChI=1S/C16H15N3O4/c1-11(18-9-5-6-13(10-18)12(2)20)16(21)17-14-7-3-4-8-15(14)19(22)23/h3-11H,1-2H3/p+1/t11-/m1/s1. The van der Waals surface area contributed by atoms with Crippen LogP contribution in [0.15, 0.2) is 48.8 Å². The Labute approximate surface area is 132 Å². The van der Waals surface area contributed by atoms with Gasteiger partial charge in [-0.25, -0.2) is 0 Å². The maximum atomic E-state index is 12.3. The molecule has 0 aliphatic rings. The summed E-state index contributed by atoms with van der Waals surface area (Å²) in [5.74, 6) is -0.518. The summed E-state index contributed by atoms with van der Waals surface area (Å²) >= 11 is 0. The van der Waals surface area contributed by atoms with Gasteiger partial charge in [0.15, 0.2) is 18.2 Å². The van der Waals surface area contributed by atoms with E-state index in [1.54, 1.807) is 42.1 Å². The molecule has 0 aliphatic carbocycles. The lowest BCUT2D eigenvalue weighted by molar-refractivity contribution is -0.705. The van der Waals surface area contributed by atoms with Gasteiger partial charge < -0.3 is 5.32 Å². The first-order valence-electron chi connectivity index (χ1n) is 6.96. The Hall–Kier alpha value is -3.09. The Bertz CT molecular complexity index is 773. The molecule has 2 rings (SSSR count). The van der Waals surface area contributed by atoms with Gasteiger partial charge in [-0.3, -0.25) is 19.7 Å². The lowest BCUT2D eigenvalue weighted by Crippen LogP contribution is -2.44. The van der Waals surface area contributed by atoms with Gasteiger partial charge in [-0.2, -0.15) is 4.57 Å². The number of pyridine rings is 1. The highest BCUT2D eigenvalue weighted by Crippen LogP contribution is 2.23. The highest BCUT2D eigenvalue weighted by molar-refractivity contribution is 5.95. The highest BCUT2D eigenvalue weighted by Gasteiger charge is 2.25. The average Bonchev–Trinajstić information content (AvgIpc) is 2.54. The number of carbonyl (C=O) groups is 2. The van der Waals surface area contributed by atoms with Crippen LogP contribution in [0.25, 0.3) is 0 Å². The number of nitrogens with one attached hydrogen (secondary N) is 1. The lowest BCUT2D eigenvalue weighted by atomic mass is 10.2. The van der Waals surface area contributed by atoms with E-state index in [-0.39, 0.29) is 17.2 Å². The Balaban J connectivity index is 2.23. The molecule has 7 heteroatoms. The molecule has 0 saturated heterocycles. The first kappa shape index (κ1) is 16.3. The van der Waals surface area contributed by atoms with Gasteiger partial charge >= 0.3 is 0 Å². The first-order chi connectivity index (χ1) is 10.9. The van der Waals surface area contributed by atoms with Crippen LogP contribution < -0.4 is 9.88 Å². The van der Waals surface area contributed by atoms with Crippen LogP contribution in [0.1, 0.15) is 30.2 Å². The normalized spacial score (nSPS) is 11.6. The maximum Gasteiger partial charge on any atom is 0.293 e. The lowest BCUT2D eigenvalue weighted by Gasteiger charge is -2.09. The first-order valence-corrected chi connectivity index (χ1v) is 6.96. The van der Waals surface area contributed by atoms with Crippen LogP contribution in [-0.4, -0.2) is 16.6 Å². The number of nitrogens with zero attached hydrogens (tertiary/aromatic N) is 2. The minimum Gasteiger partial charge on any atom is -0.315 e. The minimum atomic E-state index is -0.630. The molecule has 1 atom stereocenters. The van der Waals surface area contributed by atoms with Crippen LogP contribution in [0.2, 0.25) is 0 Å². The number of anilines is 1. The Kier molecular flexibility index (Phi) is 4.80. The molecule has 1 N–H and O–H groups in total. The SMILES string of the molecule is CC(=O)c1ccc[n+]([C@H](C)C(=O)Nc2ccccc2[N+](=O)[O-])c1. The predicted molar refractivity (Wildman–Crippen MR) is 83.1 cm³/mol. The van der Waals surface area contributed by atoms with Gasteiger partial charge in [-0.15, -0.1) is 0 Å². The fourth-order valence-corrected chi connectivity index (χ4v) is 2.05. The number of carbonyl (C=O) groups excluding carboxylic acids is 2. The smallest absolute Gasteiger partial charge is 0.293 e. The van der Waals surface area contributed by atoms with E-state index in [4.69, 9.17) is 0 Å². The van der Waals surface area contributed by atoms with Crippen molar-refractivity contribution in [3.05, 3.63) is 64.5 Å². The summed E-state index contributed by atoms with van der Waals surface area (Å²) in [5, 5.41) is 13.5. The van der Waals surface area contributed by atoms with Crippen molar-refractivity contribution in [2.24, 2.45) is 0 Å². The van der Waals surface area contributed by atoms with Crippen molar-refractivity contribution in [2.75, 3.05) is 5.32 Å². The summed E-state index contributed by atoms with van der Waals surface area (Å²) in [6, 6.07) is 8.63. The Morgan fingerprint density at radius 3 is 2.57 bits per heavy atom. The summed E-state index contributed by atoms with van der Waals surface area (Å²) in [4.78, 5) is 34.2. The third kappa shape index (κ3) is 3.76. The summed E-state index contributed by atoms with van der Waals surface area (Å²) < 4.78 is 1.58. The van der Waals surface area contributed by atoms with Gasteiger partial charge in [0, 0.05) is 19.1 Å². The number of rotatable bonds is 5. The molecule has 1 amide bonds. The highest BCUT2D eigenvalue weighted by atomic mass is 16.6. The number of hydrogen-bond acceptors (Lipinski definition) is 4. The zero-order valence-electron chi connectivity index (χ0n) is 12.7. The van der Waals surface area contributed by atoms with E-state index in [9.17, 15) is 19.7 Å². The monoisotopic (exact) mass is 314 g/mol. The summed E-state index contributed by atoms with van der Waals surface area (Å²) in [5.41, 5.74) is 0.450. The number of hydrogen-bond donors (Lipinski definition) is 1. The minimum absolute atomic E-state index is 0.106. The Morgan fingerprint density at radius 2 is 1.91 bits per heavy atom. The number of para-hydroxylation sites is 2. The number of benzene rings is 1. The zero-order chi connectivity index (χ0) is 17.0. The van der Waals surface area contributed by atoms with Gasteiger partial charge in [0.1, 0.15) is 5.69 Å². The largest absolute Gasteiger partial charge is 0.315 e. The molecule has 0 saturated carbocycles. The molecule has 0 aliphatic heterocycles. The van der Waals surface area contributed by atoms with Crippen LogP contribution >= 0.6 is 0 Å². The molecule has 23 heavy (non-hydrogen) atoms. The van der Waals surface area contributed by atoms with E-state index in [2.05, 4.69) is 5.32 Å². The fourth-order valence-electron chi connectivity index (χ4n) is 2.05. The summed E-state index contributed by atoms with van der Waals surface area (Å²) in [7, 11) is 0. The maximum absolute atomic E-state index is 12.3. The van der Waals surface area contributed by atoms with E-state index >= 15 is 0 Å².